The molecule has 0 amide bonds. The summed E-state index contributed by atoms with van der Waals surface area (Å²) in [4.78, 5) is 0. The van der Waals surface area contributed by atoms with Crippen molar-refractivity contribution in [3.05, 3.63) is 131 Å². The van der Waals surface area contributed by atoms with Gasteiger partial charge in [0.1, 0.15) is 0 Å². The fraction of sp³-hybridized carbons (Fsp3) is 0.250. The van der Waals surface area contributed by atoms with Gasteiger partial charge in [0.2, 0.25) is 0 Å². The molecule has 0 aliphatic carbocycles. The van der Waals surface area contributed by atoms with Gasteiger partial charge in [-0.25, -0.2) is 0 Å². The molecule has 43 heavy (non-hydrogen) atoms. The van der Waals surface area contributed by atoms with Gasteiger partial charge in [-0.2, -0.15) is 12.1 Å². The summed E-state index contributed by atoms with van der Waals surface area (Å²) in [6.45, 7) is 17.8. The van der Waals surface area contributed by atoms with Crippen molar-refractivity contribution in [2.45, 2.75) is 66.7 Å². The molecular formula is C40H42Cl2Zr. The number of rotatable bonds is 3. The Morgan fingerprint density at radius 1 is 0.581 bits per heavy atom. The third-order valence-electron chi connectivity index (χ3n) is 7.91. The monoisotopic (exact) mass is 682 g/mol. The summed E-state index contributed by atoms with van der Waals surface area (Å²) >= 11 is 0. The molecular weight excluding hydrogens is 643 g/mol. The van der Waals surface area contributed by atoms with Crippen molar-refractivity contribution < 1.29 is 51.0 Å². The number of aryl methyl sites for hydroxylation is 3. The minimum absolute atomic E-state index is 0. The third kappa shape index (κ3) is 8.39. The molecule has 0 aliphatic heterocycles. The van der Waals surface area contributed by atoms with Gasteiger partial charge >= 0.3 is 26.2 Å². The second-order valence-corrected chi connectivity index (χ2v) is 12.8. The SMILES string of the molecule is Cc1cc(-c2ccc(C(C)(C)C)cc2)c2cc(C)[cH-]c2c1.Cc1cc(-c2ccccc2)c2cc(C(C)C)[cH-]c2c1.[Cl-].[Cl-].[Zr+4]. The van der Waals surface area contributed by atoms with Crippen LogP contribution in [0.2, 0.25) is 0 Å². The Morgan fingerprint density at radius 2 is 1.07 bits per heavy atom. The molecule has 6 rings (SSSR count). The average Bonchev–Trinajstić information content (AvgIpc) is 3.51. The molecule has 0 aromatic heterocycles. The molecule has 0 bridgehead atoms. The van der Waals surface area contributed by atoms with Gasteiger partial charge in [0.05, 0.1) is 0 Å². The standard InChI is InChI=1S/C21H23.C19H19.2ClH.Zr/c1-14-10-17-11-15(2)13-20(17)19(12-14)16-6-8-18(9-7-16)21(3,4)5;1-13(2)16-11-17-9-14(3)10-18(19(17)12-16)15-7-5-4-6-8-15;;;/h6-13H,1-5H3;4-13H,1-3H3;2*1H;/q2*-1;;;+4/p-2. The van der Waals surface area contributed by atoms with E-state index in [1.165, 1.54) is 71.6 Å². The van der Waals surface area contributed by atoms with E-state index in [0.29, 0.717) is 5.92 Å². The Morgan fingerprint density at radius 3 is 1.58 bits per heavy atom. The van der Waals surface area contributed by atoms with Crippen molar-refractivity contribution in [2.75, 3.05) is 0 Å². The van der Waals surface area contributed by atoms with E-state index in [0.717, 1.165) is 0 Å². The summed E-state index contributed by atoms with van der Waals surface area (Å²) in [5.74, 6) is 0.580. The summed E-state index contributed by atoms with van der Waals surface area (Å²) in [5.41, 5.74) is 12.3. The fourth-order valence-corrected chi connectivity index (χ4v) is 5.69. The van der Waals surface area contributed by atoms with Gasteiger partial charge in [-0.3, -0.25) is 0 Å². The van der Waals surface area contributed by atoms with Crippen molar-refractivity contribution in [3.8, 4) is 22.3 Å². The number of hydrogen-bond acceptors (Lipinski definition) is 0. The molecule has 0 heterocycles. The van der Waals surface area contributed by atoms with Crippen LogP contribution in [0.4, 0.5) is 0 Å². The van der Waals surface area contributed by atoms with E-state index < -0.39 is 0 Å². The van der Waals surface area contributed by atoms with Crippen molar-refractivity contribution in [2.24, 2.45) is 0 Å². The smallest absolute Gasteiger partial charge is 1.00 e. The molecule has 0 fully saturated rings. The summed E-state index contributed by atoms with van der Waals surface area (Å²) in [6.07, 6.45) is 0. The first-order valence-corrected chi connectivity index (χ1v) is 14.5. The van der Waals surface area contributed by atoms with Crippen molar-refractivity contribution in [1.29, 1.82) is 0 Å². The van der Waals surface area contributed by atoms with Crippen LogP contribution in [-0.4, -0.2) is 0 Å². The maximum Gasteiger partial charge on any atom is 4.00 e. The van der Waals surface area contributed by atoms with E-state index in [-0.39, 0.29) is 56.4 Å². The first-order valence-electron chi connectivity index (χ1n) is 14.5. The van der Waals surface area contributed by atoms with Crippen LogP contribution in [0.1, 0.15) is 68.4 Å². The number of hydrogen-bond donors (Lipinski definition) is 0. The summed E-state index contributed by atoms with van der Waals surface area (Å²) in [7, 11) is 0. The molecule has 3 heteroatoms. The molecule has 6 aromatic carbocycles. The zero-order chi connectivity index (χ0) is 28.6. The van der Waals surface area contributed by atoms with E-state index in [1.54, 1.807) is 0 Å². The number of benzene rings is 4. The van der Waals surface area contributed by atoms with Gasteiger partial charge < -0.3 is 24.8 Å². The van der Waals surface area contributed by atoms with Gasteiger partial charge in [-0.15, -0.1) is 56.9 Å². The quantitative estimate of drug-likeness (QED) is 0.207. The first-order chi connectivity index (χ1) is 19.0. The Bertz CT molecular complexity index is 1760. The van der Waals surface area contributed by atoms with Gasteiger partial charge in [-0.1, -0.05) is 131 Å². The Kier molecular flexibility index (Phi) is 12.8. The van der Waals surface area contributed by atoms with Gasteiger partial charge in [-0.05, 0) is 41.9 Å². The van der Waals surface area contributed by atoms with Crippen LogP contribution in [0, 0.1) is 20.8 Å². The zero-order valence-electron chi connectivity index (χ0n) is 26.6. The second kappa shape index (κ2) is 15.0. The van der Waals surface area contributed by atoms with Crippen molar-refractivity contribution in [3.63, 3.8) is 0 Å². The largest absolute Gasteiger partial charge is 4.00 e. The molecule has 0 atom stereocenters. The minimum atomic E-state index is 0. The van der Waals surface area contributed by atoms with Crippen molar-refractivity contribution in [1.82, 2.24) is 0 Å². The van der Waals surface area contributed by atoms with Gasteiger partial charge in [0.25, 0.3) is 0 Å². The zero-order valence-corrected chi connectivity index (χ0v) is 30.6. The minimum Gasteiger partial charge on any atom is -1.00 e. The molecule has 0 unspecified atom stereocenters. The normalized spacial score (nSPS) is 10.9. The maximum atomic E-state index is 2.35. The fourth-order valence-electron chi connectivity index (χ4n) is 5.69. The Balaban J connectivity index is 0.000000282. The number of fused-ring (bicyclic) bond motifs is 2. The van der Waals surface area contributed by atoms with Crippen LogP contribution in [-0.2, 0) is 31.6 Å². The van der Waals surface area contributed by atoms with Gasteiger partial charge in [0, 0.05) is 0 Å². The van der Waals surface area contributed by atoms with Crippen LogP contribution in [0.3, 0.4) is 0 Å². The van der Waals surface area contributed by atoms with E-state index in [9.17, 15) is 0 Å². The molecule has 0 aliphatic rings. The van der Waals surface area contributed by atoms with Crippen LogP contribution in [0.5, 0.6) is 0 Å². The van der Waals surface area contributed by atoms with E-state index in [2.05, 4.69) is 159 Å². The Labute approximate surface area is 290 Å². The Hall–Kier alpha value is -2.44. The van der Waals surface area contributed by atoms with E-state index >= 15 is 0 Å². The van der Waals surface area contributed by atoms with Gasteiger partial charge in [0.15, 0.2) is 0 Å². The molecule has 220 valence electrons. The predicted octanol–water partition coefficient (Wildman–Crippen LogP) is 5.80. The molecule has 0 radical (unpaired) electrons. The average molecular weight is 685 g/mol. The molecule has 0 nitrogen and oxygen atoms in total. The van der Waals surface area contributed by atoms with Crippen LogP contribution >= 0.6 is 0 Å². The molecule has 0 spiro atoms. The predicted molar refractivity (Wildman–Crippen MR) is 177 cm³/mol. The van der Waals surface area contributed by atoms with Crippen LogP contribution < -0.4 is 24.8 Å². The van der Waals surface area contributed by atoms with Crippen LogP contribution in [0.25, 0.3) is 43.8 Å². The van der Waals surface area contributed by atoms with Crippen molar-refractivity contribution >= 4 is 21.5 Å². The molecule has 0 saturated carbocycles. The maximum absolute atomic E-state index is 2.35. The van der Waals surface area contributed by atoms with E-state index in [1.807, 2.05) is 0 Å². The molecule has 0 saturated heterocycles. The first kappa shape index (κ1) is 36.8. The van der Waals surface area contributed by atoms with E-state index in [4.69, 9.17) is 0 Å². The topological polar surface area (TPSA) is 0 Å². The second-order valence-electron chi connectivity index (χ2n) is 12.8. The number of halogens is 2. The summed E-state index contributed by atoms with van der Waals surface area (Å²) in [5, 5.41) is 5.45. The summed E-state index contributed by atoms with van der Waals surface area (Å²) in [6, 6.07) is 38.1. The summed E-state index contributed by atoms with van der Waals surface area (Å²) < 4.78 is 0. The third-order valence-corrected chi connectivity index (χ3v) is 7.91. The molecule has 6 aromatic rings. The van der Waals surface area contributed by atoms with Crippen LogP contribution in [0.15, 0.2) is 103 Å². The molecule has 0 N–H and O–H groups in total.